The zero-order chi connectivity index (χ0) is 14.9. The van der Waals surface area contributed by atoms with Gasteiger partial charge in [-0.2, -0.15) is 0 Å². The van der Waals surface area contributed by atoms with Crippen molar-refractivity contribution in [3.63, 3.8) is 0 Å². The fraction of sp³-hybridized carbons (Fsp3) is 0.176. The highest BCUT2D eigenvalue weighted by atomic mass is 16.1. The maximum absolute atomic E-state index is 12.3. The molecule has 0 bridgehead atoms. The zero-order valence-corrected chi connectivity index (χ0v) is 12.1. The minimum Gasteiger partial charge on any atom is -0.371 e. The Balaban J connectivity index is 1.60. The number of aromatic nitrogens is 2. The number of benzene rings is 1. The van der Waals surface area contributed by atoms with Crippen molar-refractivity contribution in [2.45, 2.75) is 6.42 Å². The summed E-state index contributed by atoms with van der Waals surface area (Å²) in [7, 11) is 0. The van der Waals surface area contributed by atoms with Crippen molar-refractivity contribution in [1.82, 2.24) is 9.38 Å². The third kappa shape index (κ3) is 2.30. The average Bonchev–Trinajstić information content (AvgIpc) is 2.90. The highest BCUT2D eigenvalue weighted by molar-refractivity contribution is 6.03. The number of imidazole rings is 1. The van der Waals surface area contributed by atoms with E-state index >= 15 is 0 Å². The molecule has 5 heteroatoms. The van der Waals surface area contributed by atoms with Gasteiger partial charge in [0, 0.05) is 42.9 Å². The molecule has 0 unspecified atom stereocenters. The number of pyridine rings is 1. The van der Waals surface area contributed by atoms with E-state index in [1.807, 2.05) is 47.0 Å². The molecule has 1 fully saturated rings. The number of carbonyl (C=O) groups excluding carboxylic acids is 1. The molecule has 1 aromatic carbocycles. The van der Waals surface area contributed by atoms with E-state index in [0.29, 0.717) is 5.69 Å². The monoisotopic (exact) mass is 292 g/mol. The maximum atomic E-state index is 12.3. The van der Waals surface area contributed by atoms with Crippen LogP contribution in [0.3, 0.4) is 0 Å². The topological polar surface area (TPSA) is 49.6 Å². The Morgan fingerprint density at radius 3 is 2.68 bits per heavy atom. The summed E-state index contributed by atoms with van der Waals surface area (Å²) < 4.78 is 1.88. The number of nitrogens with one attached hydrogen (secondary N) is 1. The van der Waals surface area contributed by atoms with E-state index in [2.05, 4.69) is 21.3 Å². The molecule has 3 heterocycles. The van der Waals surface area contributed by atoms with Crippen LogP contribution in [0.4, 0.5) is 11.4 Å². The lowest BCUT2D eigenvalue weighted by molar-refractivity contribution is 0.102. The molecule has 1 N–H and O–H groups in total. The number of nitrogens with zero attached hydrogens (tertiary/aromatic N) is 3. The lowest BCUT2D eigenvalue weighted by Gasteiger charge is -2.33. The summed E-state index contributed by atoms with van der Waals surface area (Å²) >= 11 is 0. The summed E-state index contributed by atoms with van der Waals surface area (Å²) in [6.07, 6.45) is 4.95. The van der Waals surface area contributed by atoms with E-state index in [1.54, 1.807) is 6.20 Å². The van der Waals surface area contributed by atoms with Crippen LogP contribution in [0.25, 0.3) is 5.65 Å². The molecule has 3 aromatic rings. The Hall–Kier alpha value is -2.82. The molecule has 0 atom stereocenters. The number of para-hydroxylation sites is 1. The summed E-state index contributed by atoms with van der Waals surface area (Å²) in [5.41, 5.74) is 3.15. The van der Waals surface area contributed by atoms with Gasteiger partial charge in [0.15, 0.2) is 0 Å². The highest BCUT2D eigenvalue weighted by Crippen LogP contribution is 2.22. The van der Waals surface area contributed by atoms with Crippen molar-refractivity contribution in [3.8, 4) is 0 Å². The molecule has 4 rings (SSSR count). The van der Waals surface area contributed by atoms with Crippen LogP contribution in [0.5, 0.6) is 0 Å². The van der Waals surface area contributed by atoms with Gasteiger partial charge in [-0.1, -0.05) is 18.2 Å². The van der Waals surface area contributed by atoms with Crippen molar-refractivity contribution in [2.24, 2.45) is 0 Å². The third-order valence-corrected chi connectivity index (χ3v) is 3.93. The van der Waals surface area contributed by atoms with Crippen LogP contribution in [-0.4, -0.2) is 28.4 Å². The summed E-state index contributed by atoms with van der Waals surface area (Å²) in [6, 6.07) is 13.5. The summed E-state index contributed by atoms with van der Waals surface area (Å²) in [5.74, 6) is -0.194. The first-order valence-corrected chi connectivity index (χ1v) is 7.40. The van der Waals surface area contributed by atoms with E-state index in [4.69, 9.17) is 0 Å². The van der Waals surface area contributed by atoms with Gasteiger partial charge in [0.2, 0.25) is 0 Å². The molecule has 0 saturated carbocycles. The molecular weight excluding hydrogens is 276 g/mol. The van der Waals surface area contributed by atoms with Crippen molar-refractivity contribution >= 4 is 22.9 Å². The van der Waals surface area contributed by atoms with Gasteiger partial charge in [-0.05, 0) is 24.6 Å². The Kier molecular flexibility index (Phi) is 3.04. The lowest BCUT2D eigenvalue weighted by Crippen LogP contribution is -2.36. The number of anilines is 2. The second kappa shape index (κ2) is 5.18. The average molecular weight is 292 g/mol. The molecular formula is C17H16N4O. The first-order valence-electron chi connectivity index (χ1n) is 7.40. The maximum Gasteiger partial charge on any atom is 0.275 e. The SMILES string of the molecule is O=C(Nc1ccccc1)c1cn2ccc(N3CCC3)cc2n1. The van der Waals surface area contributed by atoms with Crippen LogP contribution in [0.15, 0.2) is 54.9 Å². The molecule has 22 heavy (non-hydrogen) atoms. The van der Waals surface area contributed by atoms with Gasteiger partial charge in [0.25, 0.3) is 5.91 Å². The third-order valence-electron chi connectivity index (χ3n) is 3.93. The van der Waals surface area contributed by atoms with E-state index in [-0.39, 0.29) is 5.91 Å². The Morgan fingerprint density at radius 1 is 1.14 bits per heavy atom. The second-order valence-corrected chi connectivity index (χ2v) is 5.44. The molecule has 2 aromatic heterocycles. The molecule has 1 saturated heterocycles. The quantitative estimate of drug-likeness (QED) is 0.807. The molecule has 110 valence electrons. The number of amides is 1. The predicted molar refractivity (Wildman–Crippen MR) is 86.4 cm³/mol. The normalized spacial score (nSPS) is 13.9. The van der Waals surface area contributed by atoms with E-state index < -0.39 is 0 Å². The summed E-state index contributed by atoms with van der Waals surface area (Å²) in [4.78, 5) is 19.0. The largest absolute Gasteiger partial charge is 0.371 e. The second-order valence-electron chi connectivity index (χ2n) is 5.44. The summed E-state index contributed by atoms with van der Waals surface area (Å²) in [5, 5.41) is 2.85. The van der Waals surface area contributed by atoms with Crippen molar-refractivity contribution < 1.29 is 4.79 Å². The van der Waals surface area contributed by atoms with Crippen LogP contribution < -0.4 is 10.2 Å². The first-order chi connectivity index (χ1) is 10.8. The highest BCUT2D eigenvalue weighted by Gasteiger charge is 2.16. The predicted octanol–water partition coefficient (Wildman–Crippen LogP) is 2.80. The lowest BCUT2D eigenvalue weighted by atomic mass is 10.2. The van der Waals surface area contributed by atoms with Crippen molar-refractivity contribution in [1.29, 1.82) is 0 Å². The van der Waals surface area contributed by atoms with Crippen LogP contribution in [0.2, 0.25) is 0 Å². The Bertz CT molecular complexity index is 821. The zero-order valence-electron chi connectivity index (χ0n) is 12.1. The van der Waals surface area contributed by atoms with Gasteiger partial charge in [-0.3, -0.25) is 4.79 Å². The minimum atomic E-state index is -0.194. The molecule has 1 aliphatic rings. The number of hydrogen-bond acceptors (Lipinski definition) is 3. The van der Waals surface area contributed by atoms with Gasteiger partial charge in [-0.25, -0.2) is 4.98 Å². The van der Waals surface area contributed by atoms with Gasteiger partial charge in [0.1, 0.15) is 11.3 Å². The number of fused-ring (bicyclic) bond motifs is 1. The number of carbonyl (C=O) groups is 1. The van der Waals surface area contributed by atoms with Crippen molar-refractivity contribution in [2.75, 3.05) is 23.3 Å². The van der Waals surface area contributed by atoms with Crippen LogP contribution >= 0.6 is 0 Å². The molecule has 1 aliphatic heterocycles. The Labute approximate surface area is 128 Å². The van der Waals surface area contributed by atoms with Crippen LogP contribution in [-0.2, 0) is 0 Å². The van der Waals surface area contributed by atoms with Gasteiger partial charge in [-0.15, -0.1) is 0 Å². The van der Waals surface area contributed by atoms with E-state index in [0.717, 1.165) is 24.4 Å². The molecule has 1 amide bonds. The smallest absolute Gasteiger partial charge is 0.275 e. The summed E-state index contributed by atoms with van der Waals surface area (Å²) in [6.45, 7) is 2.19. The van der Waals surface area contributed by atoms with Gasteiger partial charge < -0.3 is 14.6 Å². The molecule has 5 nitrogen and oxygen atoms in total. The number of hydrogen-bond donors (Lipinski definition) is 1. The van der Waals surface area contributed by atoms with Gasteiger partial charge in [0.05, 0.1) is 0 Å². The van der Waals surface area contributed by atoms with Gasteiger partial charge >= 0.3 is 0 Å². The number of rotatable bonds is 3. The van der Waals surface area contributed by atoms with Crippen LogP contribution in [0.1, 0.15) is 16.9 Å². The first kappa shape index (κ1) is 12.9. The fourth-order valence-corrected chi connectivity index (χ4v) is 2.57. The Morgan fingerprint density at radius 2 is 1.95 bits per heavy atom. The molecule has 0 radical (unpaired) electrons. The van der Waals surface area contributed by atoms with E-state index in [9.17, 15) is 4.79 Å². The fourth-order valence-electron chi connectivity index (χ4n) is 2.57. The molecule has 0 spiro atoms. The standard InChI is InChI=1S/C17H16N4O/c22-17(18-13-5-2-1-3-6-13)15-12-21-10-7-14(11-16(21)19-15)20-8-4-9-20/h1-3,5-7,10-12H,4,8-9H2,(H,18,22). The van der Waals surface area contributed by atoms with Crippen molar-refractivity contribution in [3.05, 3.63) is 60.6 Å². The van der Waals surface area contributed by atoms with Crippen LogP contribution in [0, 0.1) is 0 Å². The van der Waals surface area contributed by atoms with E-state index in [1.165, 1.54) is 12.1 Å². The minimum absolute atomic E-state index is 0.194. The molecule has 0 aliphatic carbocycles.